The number of hydrogen-bond donors (Lipinski definition) is 0. The van der Waals surface area contributed by atoms with Crippen LogP contribution in [0, 0.1) is 11.3 Å². The maximum absolute atomic E-state index is 12.6. The third-order valence-corrected chi connectivity index (χ3v) is 5.11. The highest BCUT2D eigenvalue weighted by atomic mass is 16.5. The molecular formula is C18H21N3O3. The highest BCUT2D eigenvalue weighted by Crippen LogP contribution is 2.43. The monoisotopic (exact) mass is 327 g/mol. The van der Waals surface area contributed by atoms with E-state index >= 15 is 0 Å². The number of carbonyl (C=O) groups excluding carboxylic acids is 1. The zero-order chi connectivity index (χ0) is 16.6. The smallest absolute Gasteiger partial charge is 0.316 e. The first kappa shape index (κ1) is 15.3. The van der Waals surface area contributed by atoms with E-state index in [1.165, 1.54) is 0 Å². The number of aromatic nitrogens is 2. The SMILES string of the molecule is CCOC(=O)[C@]12COCC[C@H]1CN(c1cnc3ccccc3n1)C2. The Hall–Kier alpha value is -2.21. The molecule has 0 bridgehead atoms. The molecule has 0 radical (unpaired) electrons. The van der Waals surface area contributed by atoms with Crippen LogP contribution in [0.15, 0.2) is 30.5 Å². The molecule has 6 nitrogen and oxygen atoms in total. The number of benzene rings is 1. The van der Waals surface area contributed by atoms with Crippen LogP contribution in [-0.2, 0) is 14.3 Å². The largest absolute Gasteiger partial charge is 0.465 e. The number of hydrogen-bond acceptors (Lipinski definition) is 6. The normalized spacial score (nSPS) is 26.4. The fraction of sp³-hybridized carbons (Fsp3) is 0.500. The van der Waals surface area contributed by atoms with E-state index in [0.29, 0.717) is 26.4 Å². The molecule has 2 atom stereocenters. The summed E-state index contributed by atoms with van der Waals surface area (Å²) in [5.41, 5.74) is 1.16. The second-order valence-electron chi connectivity index (χ2n) is 6.51. The van der Waals surface area contributed by atoms with Crippen molar-refractivity contribution < 1.29 is 14.3 Å². The van der Waals surface area contributed by atoms with Crippen LogP contribution >= 0.6 is 0 Å². The highest BCUT2D eigenvalue weighted by molar-refractivity contribution is 5.80. The summed E-state index contributed by atoms with van der Waals surface area (Å²) in [7, 11) is 0. The maximum atomic E-state index is 12.6. The summed E-state index contributed by atoms with van der Waals surface area (Å²) in [4.78, 5) is 24.0. The zero-order valence-electron chi connectivity index (χ0n) is 13.8. The van der Waals surface area contributed by atoms with Crippen LogP contribution in [-0.4, -0.2) is 48.8 Å². The van der Waals surface area contributed by atoms with Gasteiger partial charge in [-0.15, -0.1) is 0 Å². The van der Waals surface area contributed by atoms with Crippen molar-refractivity contribution in [1.82, 2.24) is 9.97 Å². The standard InChI is InChI=1S/C18H21N3O3/c1-2-24-17(22)18-11-21(10-13(18)7-8-23-12-18)16-9-19-14-5-3-4-6-15(14)20-16/h3-6,9,13H,2,7-8,10-12H2,1H3/t13-,18+/m0/s1. The summed E-state index contributed by atoms with van der Waals surface area (Å²) in [5, 5.41) is 0. The first-order valence-electron chi connectivity index (χ1n) is 8.44. The summed E-state index contributed by atoms with van der Waals surface area (Å²) < 4.78 is 11.0. The molecule has 0 aliphatic carbocycles. The summed E-state index contributed by atoms with van der Waals surface area (Å²) in [6.07, 6.45) is 2.66. The van der Waals surface area contributed by atoms with E-state index in [4.69, 9.17) is 14.5 Å². The van der Waals surface area contributed by atoms with E-state index in [0.717, 1.165) is 29.8 Å². The van der Waals surface area contributed by atoms with Crippen LogP contribution in [0.25, 0.3) is 11.0 Å². The fourth-order valence-electron chi connectivity index (χ4n) is 3.83. The van der Waals surface area contributed by atoms with E-state index in [9.17, 15) is 4.79 Å². The van der Waals surface area contributed by atoms with Crippen molar-refractivity contribution in [2.45, 2.75) is 13.3 Å². The van der Waals surface area contributed by atoms with Crippen molar-refractivity contribution in [3.05, 3.63) is 30.5 Å². The lowest BCUT2D eigenvalue weighted by Gasteiger charge is -2.35. The minimum Gasteiger partial charge on any atom is -0.465 e. The zero-order valence-corrected chi connectivity index (χ0v) is 13.8. The van der Waals surface area contributed by atoms with Crippen molar-refractivity contribution in [2.24, 2.45) is 11.3 Å². The van der Waals surface area contributed by atoms with Crippen molar-refractivity contribution in [2.75, 3.05) is 37.8 Å². The van der Waals surface area contributed by atoms with Gasteiger partial charge in [0, 0.05) is 19.7 Å². The first-order valence-corrected chi connectivity index (χ1v) is 8.44. The summed E-state index contributed by atoms with van der Waals surface area (Å²) in [6, 6.07) is 7.82. The molecule has 2 saturated heterocycles. The molecule has 4 rings (SSSR count). The van der Waals surface area contributed by atoms with Gasteiger partial charge in [-0.3, -0.25) is 9.78 Å². The summed E-state index contributed by atoms with van der Waals surface area (Å²) >= 11 is 0. The van der Waals surface area contributed by atoms with Gasteiger partial charge in [0.1, 0.15) is 11.2 Å². The number of para-hydroxylation sites is 2. The second-order valence-corrected chi connectivity index (χ2v) is 6.51. The van der Waals surface area contributed by atoms with Gasteiger partial charge < -0.3 is 14.4 Å². The number of carbonyl (C=O) groups is 1. The van der Waals surface area contributed by atoms with Gasteiger partial charge in [0.05, 0.1) is 30.4 Å². The van der Waals surface area contributed by atoms with Crippen molar-refractivity contribution in [3.8, 4) is 0 Å². The lowest BCUT2D eigenvalue weighted by Crippen LogP contribution is -2.47. The van der Waals surface area contributed by atoms with E-state index in [2.05, 4.69) is 9.88 Å². The Morgan fingerprint density at radius 3 is 3.08 bits per heavy atom. The van der Waals surface area contributed by atoms with Gasteiger partial charge in [-0.25, -0.2) is 4.98 Å². The number of anilines is 1. The van der Waals surface area contributed by atoms with Gasteiger partial charge in [0.15, 0.2) is 0 Å². The molecule has 2 fully saturated rings. The predicted octanol–water partition coefficient (Wildman–Crippen LogP) is 2.04. The molecule has 2 aliphatic rings. The molecular weight excluding hydrogens is 306 g/mol. The number of ether oxygens (including phenoxy) is 2. The lowest BCUT2D eigenvalue weighted by molar-refractivity contribution is -0.165. The third-order valence-electron chi connectivity index (χ3n) is 5.11. The molecule has 2 aromatic rings. The van der Waals surface area contributed by atoms with Crippen LogP contribution < -0.4 is 4.90 Å². The fourth-order valence-corrected chi connectivity index (χ4v) is 3.83. The van der Waals surface area contributed by atoms with Gasteiger partial charge in [0.25, 0.3) is 0 Å². The number of nitrogens with zero attached hydrogens (tertiary/aromatic N) is 3. The Labute approximate surface area is 140 Å². The van der Waals surface area contributed by atoms with Gasteiger partial charge >= 0.3 is 5.97 Å². The van der Waals surface area contributed by atoms with E-state index in [1.807, 2.05) is 31.2 Å². The number of rotatable bonds is 3. The van der Waals surface area contributed by atoms with Crippen molar-refractivity contribution in [1.29, 1.82) is 0 Å². The van der Waals surface area contributed by atoms with Gasteiger partial charge in [-0.05, 0) is 31.4 Å². The van der Waals surface area contributed by atoms with Crippen molar-refractivity contribution in [3.63, 3.8) is 0 Å². The molecule has 6 heteroatoms. The Morgan fingerprint density at radius 1 is 1.42 bits per heavy atom. The van der Waals surface area contributed by atoms with E-state index < -0.39 is 5.41 Å². The second kappa shape index (κ2) is 6.02. The number of esters is 1. The molecule has 0 amide bonds. The average Bonchev–Trinajstić information content (AvgIpc) is 3.02. The predicted molar refractivity (Wildman–Crippen MR) is 89.7 cm³/mol. The van der Waals surface area contributed by atoms with E-state index in [-0.39, 0.29) is 11.9 Å². The topological polar surface area (TPSA) is 64.6 Å². The molecule has 2 aliphatic heterocycles. The Morgan fingerprint density at radius 2 is 2.25 bits per heavy atom. The molecule has 24 heavy (non-hydrogen) atoms. The Kier molecular flexibility index (Phi) is 3.84. The minimum atomic E-state index is -0.582. The van der Waals surface area contributed by atoms with Gasteiger partial charge in [0.2, 0.25) is 0 Å². The third kappa shape index (κ3) is 2.41. The maximum Gasteiger partial charge on any atom is 0.316 e. The Balaban J connectivity index is 1.66. The van der Waals surface area contributed by atoms with E-state index in [1.54, 1.807) is 6.20 Å². The number of fused-ring (bicyclic) bond motifs is 2. The summed E-state index contributed by atoms with van der Waals surface area (Å²) in [6.45, 7) is 4.72. The quantitative estimate of drug-likeness (QED) is 0.804. The minimum absolute atomic E-state index is 0.147. The first-order chi connectivity index (χ1) is 11.7. The van der Waals surface area contributed by atoms with Gasteiger partial charge in [-0.1, -0.05) is 12.1 Å². The molecule has 1 aromatic carbocycles. The Bertz CT molecular complexity index is 766. The van der Waals surface area contributed by atoms with Crippen LogP contribution in [0.4, 0.5) is 5.82 Å². The average molecular weight is 327 g/mol. The van der Waals surface area contributed by atoms with Gasteiger partial charge in [-0.2, -0.15) is 0 Å². The van der Waals surface area contributed by atoms with Crippen LogP contribution in [0.5, 0.6) is 0 Å². The lowest BCUT2D eigenvalue weighted by atomic mass is 9.75. The molecule has 1 aromatic heterocycles. The highest BCUT2D eigenvalue weighted by Gasteiger charge is 2.55. The van der Waals surface area contributed by atoms with Crippen LogP contribution in [0.2, 0.25) is 0 Å². The van der Waals surface area contributed by atoms with Crippen LogP contribution in [0.3, 0.4) is 0 Å². The summed E-state index contributed by atoms with van der Waals surface area (Å²) in [5.74, 6) is 0.899. The van der Waals surface area contributed by atoms with Crippen molar-refractivity contribution >= 4 is 22.8 Å². The molecule has 126 valence electrons. The molecule has 0 N–H and O–H groups in total. The molecule has 0 saturated carbocycles. The van der Waals surface area contributed by atoms with Crippen LogP contribution in [0.1, 0.15) is 13.3 Å². The molecule has 3 heterocycles. The molecule has 0 spiro atoms. The molecule has 0 unspecified atom stereocenters.